The van der Waals surface area contributed by atoms with Crippen LogP contribution in [0.5, 0.6) is 0 Å². The minimum absolute atomic E-state index is 0.00125. The van der Waals surface area contributed by atoms with E-state index in [1.807, 2.05) is 19.1 Å². The van der Waals surface area contributed by atoms with E-state index in [0.717, 1.165) is 12.8 Å². The van der Waals surface area contributed by atoms with Gasteiger partial charge in [-0.25, -0.2) is 0 Å². The number of aryl methyl sites for hydroxylation is 1. The maximum atomic E-state index is 11.2. The van der Waals surface area contributed by atoms with E-state index in [1.54, 1.807) is 0 Å². The highest BCUT2D eigenvalue weighted by atomic mass is 16.5. The summed E-state index contributed by atoms with van der Waals surface area (Å²) in [6.45, 7) is 1.82. The molecule has 2 nitrogen and oxygen atoms in total. The van der Waals surface area contributed by atoms with Crippen molar-refractivity contribution in [3.05, 3.63) is 35.4 Å². The molecule has 1 aromatic carbocycles. The van der Waals surface area contributed by atoms with Gasteiger partial charge >= 0.3 is 5.97 Å². The molecule has 0 saturated carbocycles. The van der Waals surface area contributed by atoms with Gasteiger partial charge in [0, 0.05) is 6.42 Å². The smallest absolute Gasteiger partial charge is 0.306 e. The predicted molar refractivity (Wildman–Crippen MR) is 53.9 cm³/mol. The van der Waals surface area contributed by atoms with E-state index in [1.165, 1.54) is 11.1 Å². The van der Waals surface area contributed by atoms with Gasteiger partial charge in [-0.2, -0.15) is 0 Å². The van der Waals surface area contributed by atoms with Gasteiger partial charge in [0.1, 0.15) is 6.10 Å². The van der Waals surface area contributed by atoms with Crippen LogP contribution in [-0.4, -0.2) is 5.97 Å². The summed E-state index contributed by atoms with van der Waals surface area (Å²) in [5.41, 5.74) is 2.51. The average molecular weight is 190 g/mol. The van der Waals surface area contributed by atoms with Crippen LogP contribution in [0.3, 0.4) is 0 Å². The maximum Gasteiger partial charge on any atom is 0.306 e. The maximum absolute atomic E-state index is 11.2. The third kappa shape index (κ3) is 1.65. The molecule has 0 N–H and O–H groups in total. The quantitative estimate of drug-likeness (QED) is 0.670. The number of esters is 1. The number of hydrogen-bond acceptors (Lipinski definition) is 2. The summed E-state index contributed by atoms with van der Waals surface area (Å²) in [6.07, 6.45) is 2.42. The molecule has 74 valence electrons. The van der Waals surface area contributed by atoms with Crippen LogP contribution in [0, 0.1) is 0 Å². The third-order valence-electron chi connectivity index (χ3n) is 2.64. The largest absolute Gasteiger partial charge is 0.457 e. The molecule has 0 aromatic heterocycles. The molecule has 0 heterocycles. The SMILES string of the molecule is CCC(=O)O[C@@H]1CCc2ccccc21. The van der Waals surface area contributed by atoms with Crippen molar-refractivity contribution >= 4 is 5.97 Å². The summed E-state index contributed by atoms with van der Waals surface area (Å²) >= 11 is 0. The Hall–Kier alpha value is -1.31. The van der Waals surface area contributed by atoms with E-state index < -0.39 is 0 Å². The number of hydrogen-bond donors (Lipinski definition) is 0. The van der Waals surface area contributed by atoms with Gasteiger partial charge in [0.25, 0.3) is 0 Å². The molecule has 2 heteroatoms. The third-order valence-corrected chi connectivity index (χ3v) is 2.64. The monoisotopic (exact) mass is 190 g/mol. The van der Waals surface area contributed by atoms with Crippen molar-refractivity contribution in [3.63, 3.8) is 0 Å². The summed E-state index contributed by atoms with van der Waals surface area (Å²) in [7, 11) is 0. The summed E-state index contributed by atoms with van der Waals surface area (Å²) in [6, 6.07) is 8.19. The molecule has 1 aliphatic carbocycles. The molecule has 14 heavy (non-hydrogen) atoms. The Morgan fingerprint density at radius 1 is 1.50 bits per heavy atom. The highest BCUT2D eigenvalue weighted by Crippen LogP contribution is 2.33. The van der Waals surface area contributed by atoms with Crippen molar-refractivity contribution in [2.24, 2.45) is 0 Å². The lowest BCUT2D eigenvalue weighted by Crippen LogP contribution is -2.07. The van der Waals surface area contributed by atoms with Gasteiger partial charge in [-0.15, -0.1) is 0 Å². The van der Waals surface area contributed by atoms with Gasteiger partial charge < -0.3 is 4.74 Å². The average Bonchev–Trinajstić information content (AvgIpc) is 2.62. The van der Waals surface area contributed by atoms with Crippen molar-refractivity contribution < 1.29 is 9.53 Å². The Kier molecular flexibility index (Phi) is 2.53. The predicted octanol–water partition coefficient (Wildman–Crippen LogP) is 2.63. The molecule has 2 rings (SSSR count). The molecule has 1 aromatic rings. The van der Waals surface area contributed by atoms with E-state index >= 15 is 0 Å². The van der Waals surface area contributed by atoms with E-state index in [9.17, 15) is 4.79 Å². The van der Waals surface area contributed by atoms with Crippen LogP contribution >= 0.6 is 0 Å². The summed E-state index contributed by atoms with van der Waals surface area (Å²) < 4.78 is 5.35. The van der Waals surface area contributed by atoms with Gasteiger partial charge in [0.05, 0.1) is 0 Å². The van der Waals surface area contributed by atoms with E-state index in [0.29, 0.717) is 6.42 Å². The lowest BCUT2D eigenvalue weighted by molar-refractivity contribution is -0.148. The molecule has 1 atom stereocenters. The standard InChI is InChI=1S/C12H14O2/c1-2-12(13)14-11-8-7-9-5-3-4-6-10(9)11/h3-6,11H,2,7-8H2,1H3/t11-/m1/s1. The summed E-state index contributed by atoms with van der Waals surface area (Å²) in [5, 5.41) is 0. The first-order valence-electron chi connectivity index (χ1n) is 5.08. The van der Waals surface area contributed by atoms with Gasteiger partial charge in [-0.05, 0) is 24.0 Å². The molecular weight excluding hydrogens is 176 g/mol. The molecule has 0 aliphatic heterocycles. The number of fused-ring (bicyclic) bond motifs is 1. The molecule has 0 bridgehead atoms. The Labute approximate surface area is 83.9 Å². The zero-order chi connectivity index (χ0) is 9.97. The van der Waals surface area contributed by atoms with Crippen LogP contribution in [0.1, 0.15) is 37.0 Å². The molecule has 0 amide bonds. The zero-order valence-electron chi connectivity index (χ0n) is 8.32. The second-order valence-electron chi connectivity index (χ2n) is 3.57. The molecule has 0 radical (unpaired) electrons. The number of ether oxygens (including phenoxy) is 1. The first-order chi connectivity index (χ1) is 6.81. The van der Waals surface area contributed by atoms with Crippen molar-refractivity contribution in [1.29, 1.82) is 0 Å². The molecular formula is C12H14O2. The topological polar surface area (TPSA) is 26.3 Å². The fraction of sp³-hybridized carbons (Fsp3) is 0.417. The van der Waals surface area contributed by atoms with Crippen LogP contribution in [-0.2, 0) is 16.0 Å². The molecule has 0 spiro atoms. The summed E-state index contributed by atoms with van der Waals surface area (Å²) in [5.74, 6) is -0.105. The van der Waals surface area contributed by atoms with Gasteiger partial charge in [0.15, 0.2) is 0 Å². The normalized spacial score (nSPS) is 19.1. The van der Waals surface area contributed by atoms with Crippen molar-refractivity contribution in [1.82, 2.24) is 0 Å². The number of benzene rings is 1. The Morgan fingerprint density at radius 3 is 3.07 bits per heavy atom. The highest BCUT2D eigenvalue weighted by molar-refractivity contribution is 5.69. The molecule has 0 unspecified atom stereocenters. The zero-order valence-corrected chi connectivity index (χ0v) is 8.32. The minimum Gasteiger partial charge on any atom is -0.457 e. The molecule has 0 saturated heterocycles. The van der Waals surface area contributed by atoms with Crippen LogP contribution in [0.25, 0.3) is 0 Å². The van der Waals surface area contributed by atoms with Crippen LogP contribution in [0.2, 0.25) is 0 Å². The minimum atomic E-state index is -0.105. The van der Waals surface area contributed by atoms with Crippen molar-refractivity contribution in [2.45, 2.75) is 32.3 Å². The lowest BCUT2D eigenvalue weighted by atomic mass is 10.1. The van der Waals surface area contributed by atoms with Gasteiger partial charge in [-0.3, -0.25) is 4.79 Å². The lowest BCUT2D eigenvalue weighted by Gasteiger charge is -2.12. The van der Waals surface area contributed by atoms with Crippen LogP contribution in [0.4, 0.5) is 0 Å². The number of rotatable bonds is 2. The first-order valence-corrected chi connectivity index (χ1v) is 5.08. The van der Waals surface area contributed by atoms with Crippen LogP contribution in [0.15, 0.2) is 24.3 Å². The number of carbonyl (C=O) groups is 1. The Morgan fingerprint density at radius 2 is 2.29 bits per heavy atom. The van der Waals surface area contributed by atoms with Crippen LogP contribution < -0.4 is 0 Å². The number of carbonyl (C=O) groups excluding carboxylic acids is 1. The van der Waals surface area contributed by atoms with Crippen molar-refractivity contribution in [3.8, 4) is 0 Å². The van der Waals surface area contributed by atoms with Crippen molar-refractivity contribution in [2.75, 3.05) is 0 Å². The van der Waals surface area contributed by atoms with E-state index in [4.69, 9.17) is 4.74 Å². The highest BCUT2D eigenvalue weighted by Gasteiger charge is 2.24. The van der Waals surface area contributed by atoms with E-state index in [-0.39, 0.29) is 12.1 Å². The molecule has 1 aliphatic rings. The fourth-order valence-corrected chi connectivity index (χ4v) is 1.88. The van der Waals surface area contributed by atoms with Gasteiger partial charge in [0.2, 0.25) is 0 Å². The second kappa shape index (κ2) is 3.82. The first kappa shape index (κ1) is 9.25. The second-order valence-corrected chi connectivity index (χ2v) is 3.57. The summed E-state index contributed by atoms with van der Waals surface area (Å²) in [4.78, 5) is 11.2. The molecule has 0 fully saturated rings. The van der Waals surface area contributed by atoms with E-state index in [2.05, 4.69) is 12.1 Å². The van der Waals surface area contributed by atoms with Gasteiger partial charge in [-0.1, -0.05) is 31.2 Å². The fourth-order valence-electron chi connectivity index (χ4n) is 1.88. The Balaban J connectivity index is 2.14. The Bertz CT molecular complexity index is 344.